The van der Waals surface area contributed by atoms with Gasteiger partial charge in [0.2, 0.25) is 0 Å². The van der Waals surface area contributed by atoms with Crippen LogP contribution < -0.4 is 5.32 Å². The highest BCUT2D eigenvalue weighted by atomic mass is 35.5. The SMILES string of the molecule is CCCNC(CC(C)CC)c1c(Cl)cccc1Cl. The molecule has 0 aliphatic heterocycles. The van der Waals surface area contributed by atoms with Crippen LogP contribution in [0.4, 0.5) is 0 Å². The van der Waals surface area contributed by atoms with Gasteiger partial charge in [0, 0.05) is 21.7 Å². The number of hydrogen-bond acceptors (Lipinski definition) is 1. The molecule has 2 unspecified atom stereocenters. The maximum absolute atomic E-state index is 6.31. The van der Waals surface area contributed by atoms with E-state index < -0.39 is 0 Å². The molecular weight excluding hydrogens is 265 g/mol. The first-order valence-electron chi connectivity index (χ1n) is 6.77. The van der Waals surface area contributed by atoms with E-state index in [0.29, 0.717) is 5.92 Å². The van der Waals surface area contributed by atoms with Gasteiger partial charge < -0.3 is 5.32 Å². The summed E-state index contributed by atoms with van der Waals surface area (Å²) in [4.78, 5) is 0. The second-order valence-electron chi connectivity index (χ2n) is 4.89. The smallest absolute Gasteiger partial charge is 0.0468 e. The normalized spacial score (nSPS) is 14.5. The van der Waals surface area contributed by atoms with Crippen LogP contribution in [0.2, 0.25) is 10.0 Å². The molecule has 0 aromatic heterocycles. The summed E-state index contributed by atoms with van der Waals surface area (Å²) in [6, 6.07) is 5.98. The summed E-state index contributed by atoms with van der Waals surface area (Å²) in [5, 5.41) is 5.09. The van der Waals surface area contributed by atoms with Crippen molar-refractivity contribution in [2.24, 2.45) is 5.92 Å². The first kappa shape index (κ1) is 15.8. The minimum absolute atomic E-state index is 0.251. The van der Waals surface area contributed by atoms with Crippen molar-refractivity contribution in [1.82, 2.24) is 5.32 Å². The zero-order valence-corrected chi connectivity index (χ0v) is 13.0. The largest absolute Gasteiger partial charge is 0.310 e. The first-order valence-corrected chi connectivity index (χ1v) is 7.53. The van der Waals surface area contributed by atoms with Gasteiger partial charge in [-0.15, -0.1) is 0 Å². The van der Waals surface area contributed by atoms with Gasteiger partial charge in [-0.1, -0.05) is 56.5 Å². The molecule has 0 saturated heterocycles. The molecule has 102 valence electrons. The van der Waals surface area contributed by atoms with Gasteiger partial charge in [-0.05, 0) is 37.4 Å². The number of halogens is 2. The van der Waals surface area contributed by atoms with Crippen LogP contribution >= 0.6 is 23.2 Å². The third-order valence-electron chi connectivity index (χ3n) is 3.32. The topological polar surface area (TPSA) is 12.0 Å². The molecule has 0 bridgehead atoms. The Morgan fingerprint density at radius 3 is 2.28 bits per heavy atom. The lowest BCUT2D eigenvalue weighted by Gasteiger charge is -2.24. The van der Waals surface area contributed by atoms with Crippen molar-refractivity contribution < 1.29 is 0 Å². The van der Waals surface area contributed by atoms with E-state index in [1.54, 1.807) is 0 Å². The van der Waals surface area contributed by atoms with Gasteiger partial charge in [-0.25, -0.2) is 0 Å². The average Bonchev–Trinajstić information content (AvgIpc) is 2.35. The van der Waals surface area contributed by atoms with Crippen LogP contribution in [-0.2, 0) is 0 Å². The van der Waals surface area contributed by atoms with Gasteiger partial charge in [0.25, 0.3) is 0 Å². The van der Waals surface area contributed by atoms with Crippen LogP contribution in [0.1, 0.15) is 51.6 Å². The molecule has 1 nitrogen and oxygen atoms in total. The van der Waals surface area contributed by atoms with Crippen molar-refractivity contribution in [1.29, 1.82) is 0 Å². The molecule has 0 heterocycles. The number of nitrogens with one attached hydrogen (secondary N) is 1. The van der Waals surface area contributed by atoms with Crippen molar-refractivity contribution in [3.05, 3.63) is 33.8 Å². The van der Waals surface area contributed by atoms with Crippen LogP contribution in [-0.4, -0.2) is 6.54 Å². The van der Waals surface area contributed by atoms with Crippen molar-refractivity contribution in [2.45, 2.75) is 46.1 Å². The van der Waals surface area contributed by atoms with Crippen LogP contribution in [0.5, 0.6) is 0 Å². The molecule has 1 aromatic carbocycles. The standard InChI is InChI=1S/C15H23Cl2N/c1-4-9-18-14(10-11(3)5-2)15-12(16)7-6-8-13(15)17/h6-8,11,14,18H,4-5,9-10H2,1-3H3. The molecule has 0 aliphatic carbocycles. The molecule has 0 fully saturated rings. The Kier molecular flexibility index (Phi) is 7.06. The van der Waals surface area contributed by atoms with Crippen LogP contribution in [0.3, 0.4) is 0 Å². The van der Waals surface area contributed by atoms with Crippen LogP contribution in [0.15, 0.2) is 18.2 Å². The Morgan fingerprint density at radius 1 is 1.17 bits per heavy atom. The molecule has 2 atom stereocenters. The van der Waals surface area contributed by atoms with Gasteiger partial charge in [0.15, 0.2) is 0 Å². The van der Waals surface area contributed by atoms with Crippen molar-refractivity contribution in [2.75, 3.05) is 6.54 Å². The maximum Gasteiger partial charge on any atom is 0.0468 e. The lowest BCUT2D eigenvalue weighted by Crippen LogP contribution is -2.24. The highest BCUT2D eigenvalue weighted by molar-refractivity contribution is 6.36. The van der Waals surface area contributed by atoms with E-state index in [0.717, 1.165) is 35.0 Å². The Labute approximate surface area is 121 Å². The third kappa shape index (κ3) is 4.46. The number of benzene rings is 1. The second kappa shape index (κ2) is 8.04. The zero-order chi connectivity index (χ0) is 13.5. The predicted molar refractivity (Wildman–Crippen MR) is 81.6 cm³/mol. The molecule has 0 spiro atoms. The minimum atomic E-state index is 0.251. The summed E-state index contributed by atoms with van der Waals surface area (Å²) in [7, 11) is 0. The van der Waals surface area contributed by atoms with Gasteiger partial charge in [0.05, 0.1) is 0 Å². The Morgan fingerprint density at radius 2 is 1.78 bits per heavy atom. The molecule has 0 aliphatic rings. The van der Waals surface area contributed by atoms with Crippen LogP contribution in [0, 0.1) is 5.92 Å². The third-order valence-corrected chi connectivity index (χ3v) is 3.98. The molecule has 1 N–H and O–H groups in total. The van der Waals surface area contributed by atoms with E-state index in [1.165, 1.54) is 6.42 Å². The van der Waals surface area contributed by atoms with Gasteiger partial charge in [-0.2, -0.15) is 0 Å². The minimum Gasteiger partial charge on any atom is -0.310 e. The monoisotopic (exact) mass is 287 g/mol. The van der Waals surface area contributed by atoms with E-state index in [9.17, 15) is 0 Å². The predicted octanol–water partition coefficient (Wildman–Crippen LogP) is 5.47. The Bertz CT molecular complexity index is 345. The molecule has 3 heteroatoms. The Balaban J connectivity index is 2.93. The van der Waals surface area contributed by atoms with E-state index in [4.69, 9.17) is 23.2 Å². The molecule has 0 amide bonds. The first-order chi connectivity index (χ1) is 8.60. The summed E-state index contributed by atoms with van der Waals surface area (Å²) in [5.41, 5.74) is 1.05. The fourth-order valence-corrected chi connectivity index (χ4v) is 2.70. The average molecular weight is 288 g/mol. The van der Waals surface area contributed by atoms with Crippen molar-refractivity contribution >= 4 is 23.2 Å². The summed E-state index contributed by atoms with van der Waals surface area (Å²) in [6.07, 6.45) is 3.35. The highest BCUT2D eigenvalue weighted by Gasteiger charge is 2.19. The second-order valence-corrected chi connectivity index (χ2v) is 5.71. The summed E-state index contributed by atoms with van der Waals surface area (Å²) in [5.74, 6) is 0.659. The van der Waals surface area contributed by atoms with E-state index in [1.807, 2.05) is 18.2 Å². The zero-order valence-electron chi connectivity index (χ0n) is 11.5. The number of rotatable bonds is 7. The van der Waals surface area contributed by atoms with Crippen molar-refractivity contribution in [3.8, 4) is 0 Å². The summed E-state index contributed by atoms with van der Waals surface area (Å²) in [6.45, 7) is 7.64. The van der Waals surface area contributed by atoms with E-state index in [-0.39, 0.29) is 6.04 Å². The molecule has 1 aromatic rings. The highest BCUT2D eigenvalue weighted by Crippen LogP contribution is 2.34. The lowest BCUT2D eigenvalue weighted by molar-refractivity contribution is 0.402. The maximum atomic E-state index is 6.31. The Hall–Kier alpha value is -0.240. The summed E-state index contributed by atoms with van der Waals surface area (Å²) >= 11 is 12.6. The molecular formula is C15H23Cl2N. The van der Waals surface area contributed by atoms with Gasteiger partial charge in [0.1, 0.15) is 0 Å². The number of hydrogen-bond donors (Lipinski definition) is 1. The molecule has 18 heavy (non-hydrogen) atoms. The summed E-state index contributed by atoms with van der Waals surface area (Å²) < 4.78 is 0. The molecule has 1 rings (SSSR count). The van der Waals surface area contributed by atoms with Gasteiger partial charge >= 0.3 is 0 Å². The van der Waals surface area contributed by atoms with E-state index >= 15 is 0 Å². The molecule has 0 radical (unpaired) electrons. The van der Waals surface area contributed by atoms with Crippen LogP contribution in [0.25, 0.3) is 0 Å². The quantitative estimate of drug-likeness (QED) is 0.701. The molecule has 0 saturated carbocycles. The van der Waals surface area contributed by atoms with Crippen molar-refractivity contribution in [3.63, 3.8) is 0 Å². The van der Waals surface area contributed by atoms with Gasteiger partial charge in [-0.3, -0.25) is 0 Å². The fourth-order valence-electron chi connectivity index (χ4n) is 2.03. The van der Waals surface area contributed by atoms with E-state index in [2.05, 4.69) is 26.1 Å². The fraction of sp³-hybridized carbons (Fsp3) is 0.600. The lowest BCUT2D eigenvalue weighted by atomic mass is 9.94.